The van der Waals surface area contributed by atoms with Gasteiger partial charge in [-0.1, -0.05) is 6.92 Å². The summed E-state index contributed by atoms with van der Waals surface area (Å²) in [7, 11) is 3.57. The first-order valence-electron chi connectivity index (χ1n) is 9.08. The van der Waals surface area contributed by atoms with Crippen molar-refractivity contribution < 1.29 is 4.79 Å². The molecule has 0 radical (unpaired) electrons. The number of nitrogens with one attached hydrogen (secondary N) is 2. The van der Waals surface area contributed by atoms with E-state index in [0.717, 1.165) is 57.6 Å². The first-order valence-corrected chi connectivity index (χ1v) is 9.08. The van der Waals surface area contributed by atoms with Crippen molar-refractivity contribution in [3.8, 4) is 0 Å². The van der Waals surface area contributed by atoms with Gasteiger partial charge in [-0.05, 0) is 38.1 Å². The molecule has 140 valence electrons. The summed E-state index contributed by atoms with van der Waals surface area (Å²) in [6.45, 7) is 7.39. The molecule has 7 heteroatoms. The van der Waals surface area contributed by atoms with Crippen LogP contribution in [0.1, 0.15) is 39.0 Å². The Labute approximate surface area is 163 Å². The van der Waals surface area contributed by atoms with Crippen LogP contribution in [0, 0.1) is 5.92 Å². The molecular formula is C17H34IN5O. The molecule has 1 amide bonds. The lowest BCUT2D eigenvalue weighted by Crippen LogP contribution is -2.47. The van der Waals surface area contributed by atoms with Crippen molar-refractivity contribution in [1.29, 1.82) is 0 Å². The van der Waals surface area contributed by atoms with E-state index >= 15 is 0 Å². The van der Waals surface area contributed by atoms with Gasteiger partial charge in [0.25, 0.3) is 0 Å². The van der Waals surface area contributed by atoms with Crippen LogP contribution >= 0.6 is 24.0 Å². The molecule has 2 rings (SSSR count). The number of halogens is 1. The Morgan fingerprint density at radius 3 is 2.42 bits per heavy atom. The molecule has 0 atom stereocenters. The highest BCUT2D eigenvalue weighted by molar-refractivity contribution is 14.0. The van der Waals surface area contributed by atoms with Crippen LogP contribution in [0.15, 0.2) is 4.99 Å². The minimum absolute atomic E-state index is 0. The first-order chi connectivity index (χ1) is 11.2. The van der Waals surface area contributed by atoms with Gasteiger partial charge < -0.3 is 15.5 Å². The van der Waals surface area contributed by atoms with Gasteiger partial charge in [-0.2, -0.15) is 0 Å². The maximum atomic E-state index is 11.5. The van der Waals surface area contributed by atoms with E-state index in [1.54, 1.807) is 7.05 Å². The standard InChI is InChI=1S/C17H33N5O.HI/c1-4-21(15-5-6-15)12-9-20-17(19-3)22-10-7-14(8-11-22)13-16(23)18-2;/h14-15H,4-13H2,1-3H3,(H,18,23)(H,19,20);1H. The number of guanidine groups is 1. The average Bonchev–Trinajstić information content (AvgIpc) is 3.41. The zero-order valence-electron chi connectivity index (χ0n) is 15.4. The number of rotatable bonds is 7. The molecule has 0 unspecified atom stereocenters. The molecule has 1 saturated carbocycles. The summed E-state index contributed by atoms with van der Waals surface area (Å²) >= 11 is 0. The third kappa shape index (κ3) is 6.74. The maximum absolute atomic E-state index is 11.5. The fraction of sp³-hybridized carbons (Fsp3) is 0.882. The van der Waals surface area contributed by atoms with Crippen LogP contribution in [-0.2, 0) is 4.79 Å². The smallest absolute Gasteiger partial charge is 0.220 e. The quantitative estimate of drug-likeness (QED) is 0.350. The summed E-state index contributed by atoms with van der Waals surface area (Å²) in [6.07, 6.45) is 5.51. The molecule has 1 heterocycles. The van der Waals surface area contributed by atoms with E-state index in [0.29, 0.717) is 12.3 Å². The summed E-state index contributed by atoms with van der Waals surface area (Å²) in [5.74, 6) is 1.68. The number of aliphatic imine (C=N–C) groups is 1. The van der Waals surface area contributed by atoms with Crippen LogP contribution in [0.5, 0.6) is 0 Å². The number of amides is 1. The minimum Gasteiger partial charge on any atom is -0.359 e. The highest BCUT2D eigenvalue weighted by Gasteiger charge is 2.27. The normalized spacial score (nSPS) is 19.2. The zero-order valence-corrected chi connectivity index (χ0v) is 17.7. The lowest BCUT2D eigenvalue weighted by molar-refractivity contribution is -0.121. The van der Waals surface area contributed by atoms with E-state index in [2.05, 4.69) is 32.3 Å². The van der Waals surface area contributed by atoms with E-state index in [9.17, 15) is 4.79 Å². The number of nitrogens with zero attached hydrogens (tertiary/aromatic N) is 3. The van der Waals surface area contributed by atoms with Crippen molar-refractivity contribution in [3.63, 3.8) is 0 Å². The van der Waals surface area contributed by atoms with Crippen molar-refractivity contribution in [3.05, 3.63) is 0 Å². The van der Waals surface area contributed by atoms with Crippen LogP contribution in [0.25, 0.3) is 0 Å². The largest absolute Gasteiger partial charge is 0.359 e. The Bertz CT molecular complexity index is 406. The number of carbonyl (C=O) groups is 1. The lowest BCUT2D eigenvalue weighted by Gasteiger charge is -2.34. The first kappa shape index (κ1) is 21.5. The van der Waals surface area contributed by atoms with Crippen molar-refractivity contribution in [2.24, 2.45) is 10.9 Å². The fourth-order valence-electron chi connectivity index (χ4n) is 3.40. The topological polar surface area (TPSA) is 60.0 Å². The lowest BCUT2D eigenvalue weighted by atomic mass is 9.93. The highest BCUT2D eigenvalue weighted by atomic mass is 127. The molecule has 6 nitrogen and oxygen atoms in total. The number of hydrogen-bond acceptors (Lipinski definition) is 3. The Hall–Kier alpha value is -0.570. The number of likely N-dealkylation sites (N-methyl/N-ethyl adjacent to an activating group) is 1. The van der Waals surface area contributed by atoms with Gasteiger partial charge in [0.15, 0.2) is 5.96 Å². The van der Waals surface area contributed by atoms with Crippen molar-refractivity contribution in [1.82, 2.24) is 20.4 Å². The van der Waals surface area contributed by atoms with Gasteiger partial charge in [0, 0.05) is 52.7 Å². The van der Waals surface area contributed by atoms with Crippen molar-refractivity contribution in [2.75, 3.05) is 46.8 Å². The van der Waals surface area contributed by atoms with Gasteiger partial charge >= 0.3 is 0 Å². The Morgan fingerprint density at radius 2 is 1.92 bits per heavy atom. The molecule has 0 aromatic heterocycles. The highest BCUT2D eigenvalue weighted by Crippen LogP contribution is 2.25. The molecule has 24 heavy (non-hydrogen) atoms. The number of carbonyl (C=O) groups excluding carboxylic acids is 1. The van der Waals surface area contributed by atoms with Crippen LogP contribution in [-0.4, -0.2) is 74.5 Å². The van der Waals surface area contributed by atoms with Gasteiger partial charge in [-0.3, -0.25) is 14.7 Å². The Morgan fingerprint density at radius 1 is 1.25 bits per heavy atom. The fourth-order valence-corrected chi connectivity index (χ4v) is 3.40. The second kappa shape index (κ2) is 11.1. The Kier molecular flexibility index (Phi) is 9.95. The van der Waals surface area contributed by atoms with E-state index in [1.807, 2.05) is 7.05 Å². The summed E-state index contributed by atoms with van der Waals surface area (Å²) in [6, 6.07) is 0.823. The Balaban J connectivity index is 0.00000288. The molecule has 1 aliphatic heterocycles. The van der Waals surface area contributed by atoms with Gasteiger partial charge in [-0.15, -0.1) is 24.0 Å². The van der Waals surface area contributed by atoms with Crippen LogP contribution in [0.3, 0.4) is 0 Å². The number of likely N-dealkylation sites (tertiary alicyclic amines) is 1. The van der Waals surface area contributed by atoms with Gasteiger partial charge in [0.1, 0.15) is 0 Å². The average molecular weight is 451 g/mol. The minimum atomic E-state index is 0. The molecule has 0 aromatic rings. The molecule has 2 aliphatic rings. The maximum Gasteiger partial charge on any atom is 0.220 e. The van der Waals surface area contributed by atoms with E-state index < -0.39 is 0 Å². The van der Waals surface area contributed by atoms with E-state index in [1.165, 1.54) is 12.8 Å². The monoisotopic (exact) mass is 451 g/mol. The van der Waals surface area contributed by atoms with Gasteiger partial charge in [-0.25, -0.2) is 0 Å². The summed E-state index contributed by atoms with van der Waals surface area (Å²) in [5.41, 5.74) is 0. The van der Waals surface area contributed by atoms with Crippen molar-refractivity contribution >= 4 is 35.8 Å². The van der Waals surface area contributed by atoms with Gasteiger partial charge in [0.05, 0.1) is 0 Å². The molecule has 1 aliphatic carbocycles. The van der Waals surface area contributed by atoms with Crippen LogP contribution < -0.4 is 10.6 Å². The summed E-state index contributed by atoms with van der Waals surface area (Å²) in [5, 5.41) is 6.23. The van der Waals surface area contributed by atoms with E-state index in [4.69, 9.17) is 0 Å². The second-order valence-electron chi connectivity index (χ2n) is 6.64. The summed E-state index contributed by atoms with van der Waals surface area (Å²) in [4.78, 5) is 20.8. The predicted octanol–water partition coefficient (Wildman–Crippen LogP) is 1.51. The molecule has 0 spiro atoms. The zero-order chi connectivity index (χ0) is 16.7. The van der Waals surface area contributed by atoms with Crippen LogP contribution in [0.2, 0.25) is 0 Å². The second-order valence-corrected chi connectivity index (χ2v) is 6.64. The predicted molar refractivity (Wildman–Crippen MR) is 110 cm³/mol. The van der Waals surface area contributed by atoms with E-state index in [-0.39, 0.29) is 29.9 Å². The van der Waals surface area contributed by atoms with Gasteiger partial charge in [0.2, 0.25) is 5.91 Å². The third-order valence-corrected chi connectivity index (χ3v) is 5.03. The SMILES string of the molecule is CCN(CCNC(=NC)N1CCC(CC(=O)NC)CC1)C1CC1.I. The molecule has 0 bridgehead atoms. The van der Waals surface area contributed by atoms with Crippen molar-refractivity contribution in [2.45, 2.75) is 45.1 Å². The van der Waals surface area contributed by atoms with Crippen LogP contribution in [0.4, 0.5) is 0 Å². The third-order valence-electron chi connectivity index (χ3n) is 5.03. The number of hydrogen-bond donors (Lipinski definition) is 2. The molecular weight excluding hydrogens is 417 g/mol. The molecule has 2 N–H and O–H groups in total. The molecule has 0 aromatic carbocycles. The summed E-state index contributed by atoms with van der Waals surface area (Å²) < 4.78 is 0. The molecule has 1 saturated heterocycles. The molecule has 2 fully saturated rings. The number of piperidine rings is 1.